The molecule has 1 N–H and O–H groups in total. The van der Waals surface area contributed by atoms with Crippen LogP contribution in [0.5, 0.6) is 0 Å². The Morgan fingerprint density at radius 1 is 1.15 bits per heavy atom. The molecule has 0 radical (unpaired) electrons. The Morgan fingerprint density at radius 3 is 2.70 bits per heavy atom. The average molecular weight is 368 g/mol. The second-order valence-corrected chi connectivity index (χ2v) is 7.17. The average Bonchev–Trinajstić information content (AvgIpc) is 3.12. The molecule has 1 fully saturated rings. The van der Waals surface area contributed by atoms with Gasteiger partial charge in [0.2, 0.25) is 11.8 Å². The Kier molecular flexibility index (Phi) is 5.89. The minimum Gasteiger partial charge on any atom is -0.347 e. The van der Waals surface area contributed by atoms with Crippen LogP contribution in [0.4, 0.5) is 4.39 Å². The van der Waals surface area contributed by atoms with E-state index in [2.05, 4.69) is 37.4 Å². The van der Waals surface area contributed by atoms with Crippen molar-refractivity contribution in [3.05, 3.63) is 70.5 Å². The third-order valence-corrected chi connectivity index (χ3v) is 5.18. The van der Waals surface area contributed by atoms with Crippen molar-refractivity contribution in [3.8, 4) is 0 Å². The lowest BCUT2D eigenvalue weighted by atomic mass is 9.99. The molecule has 1 atom stereocenters. The lowest BCUT2D eigenvalue weighted by Crippen LogP contribution is -2.40. The molecule has 5 heteroatoms. The summed E-state index contributed by atoms with van der Waals surface area (Å²) in [6.45, 7) is 4.82. The molecular formula is C22H25FN2O2. The molecule has 1 heterocycles. The number of likely N-dealkylation sites (tertiary alicyclic amines) is 1. The molecular weight excluding hydrogens is 343 g/mol. The highest BCUT2D eigenvalue weighted by Gasteiger charge is 2.30. The Hall–Kier alpha value is -2.69. The van der Waals surface area contributed by atoms with Crippen LogP contribution >= 0.6 is 0 Å². The van der Waals surface area contributed by atoms with Crippen molar-refractivity contribution in [1.29, 1.82) is 0 Å². The molecule has 1 aliphatic rings. The Balaban J connectivity index is 1.58. The largest absolute Gasteiger partial charge is 0.347 e. The van der Waals surface area contributed by atoms with E-state index in [9.17, 15) is 14.0 Å². The first-order valence-electron chi connectivity index (χ1n) is 9.32. The number of hydrogen-bond donors (Lipinski definition) is 1. The van der Waals surface area contributed by atoms with Gasteiger partial charge in [-0.1, -0.05) is 30.3 Å². The van der Waals surface area contributed by atoms with Gasteiger partial charge in [-0.2, -0.15) is 0 Å². The number of nitrogens with zero attached hydrogens (tertiary/aromatic N) is 1. The number of carbonyl (C=O) groups is 2. The predicted octanol–water partition coefficient (Wildman–Crippen LogP) is 3.46. The van der Waals surface area contributed by atoms with Crippen molar-refractivity contribution >= 4 is 11.8 Å². The van der Waals surface area contributed by atoms with Gasteiger partial charge in [0, 0.05) is 6.54 Å². The van der Waals surface area contributed by atoms with Crippen molar-refractivity contribution in [2.24, 2.45) is 0 Å². The smallest absolute Gasteiger partial charge is 0.242 e. The molecule has 1 unspecified atom stereocenters. The SMILES string of the molecule is Cc1ccc(C2CCCN2C(=O)CNC(=O)Cc2cccc(F)c2)cc1C. The molecule has 27 heavy (non-hydrogen) atoms. The number of benzene rings is 2. The standard InChI is InChI=1S/C22H25FN2O2/c1-15-8-9-18(11-16(15)2)20-7-4-10-25(20)22(27)14-24-21(26)13-17-5-3-6-19(23)12-17/h3,5-6,8-9,11-12,20H,4,7,10,13-14H2,1-2H3,(H,24,26). The van der Waals surface area contributed by atoms with Crippen LogP contribution in [0.3, 0.4) is 0 Å². The van der Waals surface area contributed by atoms with E-state index in [1.54, 1.807) is 12.1 Å². The summed E-state index contributed by atoms with van der Waals surface area (Å²) in [4.78, 5) is 26.6. The van der Waals surface area contributed by atoms with E-state index in [0.29, 0.717) is 12.1 Å². The van der Waals surface area contributed by atoms with Crippen molar-refractivity contribution in [3.63, 3.8) is 0 Å². The zero-order chi connectivity index (χ0) is 19.4. The molecule has 0 aromatic heterocycles. The normalized spacial score (nSPS) is 16.4. The predicted molar refractivity (Wildman–Crippen MR) is 103 cm³/mol. The fourth-order valence-electron chi connectivity index (χ4n) is 3.55. The number of rotatable bonds is 5. The summed E-state index contributed by atoms with van der Waals surface area (Å²) in [6.07, 6.45) is 1.96. The quantitative estimate of drug-likeness (QED) is 0.879. The van der Waals surface area contributed by atoms with E-state index in [1.807, 2.05) is 4.90 Å². The van der Waals surface area contributed by atoms with E-state index >= 15 is 0 Å². The third-order valence-electron chi connectivity index (χ3n) is 5.18. The van der Waals surface area contributed by atoms with Crippen molar-refractivity contribution < 1.29 is 14.0 Å². The highest BCUT2D eigenvalue weighted by Crippen LogP contribution is 2.32. The molecule has 4 nitrogen and oxygen atoms in total. The summed E-state index contributed by atoms with van der Waals surface area (Å²) >= 11 is 0. The van der Waals surface area contributed by atoms with Crippen LogP contribution < -0.4 is 5.32 Å². The Labute approximate surface area is 159 Å². The van der Waals surface area contributed by atoms with Crippen molar-refractivity contribution in [2.45, 2.75) is 39.2 Å². The minimum atomic E-state index is -0.371. The van der Waals surface area contributed by atoms with E-state index < -0.39 is 0 Å². The minimum absolute atomic E-state index is 0.0322. The van der Waals surface area contributed by atoms with Crippen molar-refractivity contribution in [1.82, 2.24) is 10.2 Å². The molecule has 1 saturated heterocycles. The number of nitrogens with one attached hydrogen (secondary N) is 1. The first kappa shape index (κ1) is 19.1. The van der Waals surface area contributed by atoms with Gasteiger partial charge in [-0.05, 0) is 61.1 Å². The van der Waals surface area contributed by atoms with Gasteiger partial charge >= 0.3 is 0 Å². The van der Waals surface area contributed by atoms with Gasteiger partial charge < -0.3 is 10.2 Å². The maximum atomic E-state index is 13.2. The molecule has 0 bridgehead atoms. The maximum absolute atomic E-state index is 13.2. The highest BCUT2D eigenvalue weighted by atomic mass is 19.1. The molecule has 142 valence electrons. The van der Waals surface area contributed by atoms with Gasteiger partial charge in [-0.3, -0.25) is 9.59 Å². The molecule has 1 aliphatic heterocycles. The second-order valence-electron chi connectivity index (χ2n) is 7.17. The molecule has 3 rings (SSSR count). The summed E-state index contributed by atoms with van der Waals surface area (Å²) < 4.78 is 13.2. The molecule has 2 amide bonds. The van der Waals surface area contributed by atoms with Crippen molar-refractivity contribution in [2.75, 3.05) is 13.1 Å². The van der Waals surface area contributed by atoms with Crippen LogP contribution in [0, 0.1) is 19.7 Å². The topological polar surface area (TPSA) is 49.4 Å². The summed E-state index contributed by atoms with van der Waals surface area (Å²) in [5.41, 5.74) is 4.19. The molecule has 2 aromatic carbocycles. The van der Waals surface area contributed by atoms with Gasteiger partial charge in [0.1, 0.15) is 5.82 Å². The number of amides is 2. The van der Waals surface area contributed by atoms with Crippen LogP contribution in [0.1, 0.15) is 41.1 Å². The lowest BCUT2D eigenvalue weighted by Gasteiger charge is -2.26. The zero-order valence-electron chi connectivity index (χ0n) is 15.8. The van der Waals surface area contributed by atoms with Crippen LogP contribution in [0.15, 0.2) is 42.5 Å². The zero-order valence-corrected chi connectivity index (χ0v) is 15.8. The van der Waals surface area contributed by atoms with Crippen LogP contribution in [-0.4, -0.2) is 29.8 Å². The van der Waals surface area contributed by atoms with Gasteiger partial charge in [0.15, 0.2) is 0 Å². The Morgan fingerprint density at radius 2 is 1.96 bits per heavy atom. The first-order valence-corrected chi connectivity index (χ1v) is 9.32. The fourth-order valence-corrected chi connectivity index (χ4v) is 3.55. The summed E-state index contributed by atoms with van der Waals surface area (Å²) in [6, 6.07) is 12.3. The summed E-state index contributed by atoms with van der Waals surface area (Å²) in [5, 5.41) is 2.67. The van der Waals surface area contributed by atoms with E-state index in [4.69, 9.17) is 0 Å². The summed E-state index contributed by atoms with van der Waals surface area (Å²) in [7, 11) is 0. The van der Waals surface area contributed by atoms with Crippen LogP contribution in [-0.2, 0) is 16.0 Å². The molecule has 0 aliphatic carbocycles. The third kappa shape index (κ3) is 4.73. The summed E-state index contributed by atoms with van der Waals surface area (Å²) in [5.74, 6) is -0.733. The fraction of sp³-hybridized carbons (Fsp3) is 0.364. The second kappa shape index (κ2) is 8.33. The Bertz CT molecular complexity index is 850. The molecule has 0 saturated carbocycles. The van der Waals surface area contributed by atoms with E-state index in [0.717, 1.165) is 18.4 Å². The molecule has 2 aromatic rings. The number of hydrogen-bond acceptors (Lipinski definition) is 2. The van der Waals surface area contributed by atoms with Crippen LogP contribution in [0.2, 0.25) is 0 Å². The maximum Gasteiger partial charge on any atom is 0.242 e. The number of aryl methyl sites for hydroxylation is 2. The number of carbonyl (C=O) groups excluding carboxylic acids is 2. The van der Waals surface area contributed by atoms with E-state index in [-0.39, 0.29) is 36.6 Å². The monoisotopic (exact) mass is 368 g/mol. The highest BCUT2D eigenvalue weighted by molar-refractivity contribution is 5.86. The molecule has 0 spiro atoms. The lowest BCUT2D eigenvalue weighted by molar-refractivity contribution is -0.133. The van der Waals surface area contributed by atoms with Gasteiger partial charge in [-0.25, -0.2) is 4.39 Å². The van der Waals surface area contributed by atoms with Gasteiger partial charge in [0.05, 0.1) is 19.0 Å². The van der Waals surface area contributed by atoms with Gasteiger partial charge in [-0.15, -0.1) is 0 Å². The number of halogens is 1. The van der Waals surface area contributed by atoms with E-state index in [1.165, 1.54) is 23.3 Å². The van der Waals surface area contributed by atoms with Crippen LogP contribution in [0.25, 0.3) is 0 Å². The first-order chi connectivity index (χ1) is 12.9. The van der Waals surface area contributed by atoms with Gasteiger partial charge in [0.25, 0.3) is 0 Å².